The molecule has 1 heterocycles. The minimum Gasteiger partial charge on any atom is -0.377 e. The van der Waals surface area contributed by atoms with Crippen LogP contribution in [0.25, 0.3) is 0 Å². The first-order valence-corrected chi connectivity index (χ1v) is 13.5. The average Bonchev–Trinajstić information content (AvgIpc) is 2.96. The molecule has 1 aliphatic heterocycles. The smallest absolute Gasteiger partial charge is 0.299 e. The first kappa shape index (κ1) is 33.7. The van der Waals surface area contributed by atoms with Gasteiger partial charge in [0.05, 0.1) is 108 Å². The van der Waals surface area contributed by atoms with Crippen molar-refractivity contribution in [3.63, 3.8) is 0 Å². The highest BCUT2D eigenvalue weighted by molar-refractivity contribution is 5.65. The fourth-order valence-electron chi connectivity index (χ4n) is 3.63. The number of hydrogen-bond acceptors (Lipinski definition) is 13. The standard InChI is InChI=1S/C25H42N4O11/c30-28(31)22-1-2-24(25(21-22)29(32)33)27-7-8-34-9-10-35-11-12-36-13-14-37-15-16-38-17-18-39-19-20-40-23-3-5-26-6-4-23/h1-2,21,23,26-27H,3-20H2. The van der Waals surface area contributed by atoms with Crippen molar-refractivity contribution in [1.29, 1.82) is 0 Å². The molecule has 0 spiro atoms. The molecule has 228 valence electrons. The fourth-order valence-corrected chi connectivity index (χ4v) is 3.63. The van der Waals surface area contributed by atoms with Crippen LogP contribution in [-0.4, -0.2) is 121 Å². The van der Waals surface area contributed by atoms with Gasteiger partial charge in [-0.15, -0.1) is 0 Å². The van der Waals surface area contributed by atoms with Gasteiger partial charge in [-0.1, -0.05) is 0 Å². The Labute approximate surface area is 234 Å². The molecule has 1 aromatic carbocycles. The number of anilines is 1. The number of nitro groups is 2. The molecule has 1 aliphatic rings. The minimum absolute atomic E-state index is 0.193. The van der Waals surface area contributed by atoms with Gasteiger partial charge < -0.3 is 43.8 Å². The van der Waals surface area contributed by atoms with Crippen LogP contribution in [0.2, 0.25) is 0 Å². The molecule has 0 aliphatic carbocycles. The Morgan fingerprint density at radius 2 is 1.18 bits per heavy atom. The van der Waals surface area contributed by atoms with E-state index >= 15 is 0 Å². The third kappa shape index (κ3) is 15.9. The second-order valence-electron chi connectivity index (χ2n) is 8.64. The van der Waals surface area contributed by atoms with Crippen LogP contribution in [0, 0.1) is 20.2 Å². The van der Waals surface area contributed by atoms with Crippen LogP contribution in [0.3, 0.4) is 0 Å². The summed E-state index contributed by atoms with van der Waals surface area (Å²) >= 11 is 0. The maximum absolute atomic E-state index is 11.1. The highest BCUT2D eigenvalue weighted by Crippen LogP contribution is 2.28. The molecule has 2 N–H and O–H groups in total. The zero-order valence-corrected chi connectivity index (χ0v) is 22.9. The van der Waals surface area contributed by atoms with Crippen LogP contribution >= 0.6 is 0 Å². The van der Waals surface area contributed by atoms with E-state index in [-0.39, 0.29) is 23.7 Å². The average molecular weight is 575 g/mol. The summed E-state index contributed by atoms with van der Waals surface area (Å²) in [5, 5.41) is 28.1. The molecule has 1 saturated heterocycles. The van der Waals surface area contributed by atoms with Crippen molar-refractivity contribution in [1.82, 2.24) is 5.32 Å². The zero-order valence-electron chi connectivity index (χ0n) is 22.9. The van der Waals surface area contributed by atoms with Crippen LogP contribution in [-0.2, 0) is 33.2 Å². The lowest BCUT2D eigenvalue weighted by Crippen LogP contribution is -2.33. The number of hydrogen-bond donors (Lipinski definition) is 2. The van der Waals surface area contributed by atoms with Gasteiger partial charge in [-0.3, -0.25) is 20.2 Å². The number of rotatable bonds is 25. The molecule has 0 amide bonds. The Kier molecular flexibility index (Phi) is 18.7. The van der Waals surface area contributed by atoms with Gasteiger partial charge in [0.15, 0.2) is 0 Å². The van der Waals surface area contributed by atoms with E-state index in [1.165, 1.54) is 12.1 Å². The number of benzene rings is 1. The molecule has 15 heteroatoms. The number of nitrogens with zero attached hydrogens (tertiary/aromatic N) is 2. The minimum atomic E-state index is -0.677. The van der Waals surface area contributed by atoms with Crippen molar-refractivity contribution in [3.05, 3.63) is 38.4 Å². The molecule has 0 atom stereocenters. The Hall–Kier alpha value is -2.50. The van der Waals surface area contributed by atoms with Crippen molar-refractivity contribution < 1.29 is 43.0 Å². The predicted octanol–water partition coefficient (Wildman–Crippen LogP) is 1.78. The summed E-state index contributed by atoms with van der Waals surface area (Å²) in [6, 6.07) is 3.44. The van der Waals surface area contributed by atoms with E-state index in [4.69, 9.17) is 33.2 Å². The summed E-state index contributed by atoms with van der Waals surface area (Å²) in [5.41, 5.74) is -0.505. The van der Waals surface area contributed by atoms with Crippen LogP contribution in [0.5, 0.6) is 0 Å². The monoisotopic (exact) mass is 574 g/mol. The largest absolute Gasteiger partial charge is 0.377 e. The number of nitro benzene ring substituents is 2. The second-order valence-corrected chi connectivity index (χ2v) is 8.64. The van der Waals surface area contributed by atoms with Gasteiger partial charge >= 0.3 is 0 Å². The molecular weight excluding hydrogens is 532 g/mol. The fraction of sp³-hybridized carbons (Fsp3) is 0.760. The molecule has 0 unspecified atom stereocenters. The molecule has 15 nitrogen and oxygen atoms in total. The Morgan fingerprint density at radius 3 is 1.65 bits per heavy atom. The van der Waals surface area contributed by atoms with Crippen molar-refractivity contribution in [3.8, 4) is 0 Å². The molecule has 2 rings (SSSR count). The van der Waals surface area contributed by atoms with Crippen molar-refractivity contribution >= 4 is 17.1 Å². The van der Waals surface area contributed by atoms with Gasteiger partial charge in [-0.2, -0.15) is 0 Å². The molecule has 40 heavy (non-hydrogen) atoms. The number of nitrogens with one attached hydrogen (secondary N) is 2. The third-order valence-corrected chi connectivity index (χ3v) is 5.68. The number of piperidine rings is 1. The van der Waals surface area contributed by atoms with Gasteiger partial charge in [0.25, 0.3) is 11.4 Å². The highest BCUT2D eigenvalue weighted by Gasteiger charge is 2.19. The molecule has 0 saturated carbocycles. The van der Waals surface area contributed by atoms with E-state index in [0.717, 1.165) is 32.0 Å². The number of non-ortho nitro benzene ring substituents is 1. The zero-order chi connectivity index (χ0) is 28.7. The summed E-state index contributed by atoms with van der Waals surface area (Å²) < 4.78 is 38.4. The Morgan fingerprint density at radius 1 is 0.700 bits per heavy atom. The predicted molar refractivity (Wildman–Crippen MR) is 145 cm³/mol. The molecule has 0 radical (unpaired) electrons. The van der Waals surface area contributed by atoms with E-state index in [0.29, 0.717) is 91.9 Å². The van der Waals surface area contributed by atoms with Crippen molar-refractivity contribution in [2.24, 2.45) is 0 Å². The molecule has 0 aromatic heterocycles. The van der Waals surface area contributed by atoms with Gasteiger partial charge in [0, 0.05) is 12.6 Å². The van der Waals surface area contributed by atoms with E-state index in [1.54, 1.807) is 0 Å². The molecule has 0 bridgehead atoms. The maximum Gasteiger partial charge on any atom is 0.299 e. The normalized spacial score (nSPS) is 13.9. The van der Waals surface area contributed by atoms with Crippen LogP contribution < -0.4 is 10.6 Å². The highest BCUT2D eigenvalue weighted by atomic mass is 16.6. The summed E-state index contributed by atoms with van der Waals surface area (Å²) in [6.45, 7) is 8.39. The topological polar surface area (TPSA) is 175 Å². The maximum atomic E-state index is 11.1. The summed E-state index contributed by atoms with van der Waals surface area (Å²) in [6.07, 6.45) is 2.48. The summed E-state index contributed by atoms with van der Waals surface area (Å²) in [4.78, 5) is 20.5. The van der Waals surface area contributed by atoms with Gasteiger partial charge in [0.2, 0.25) is 0 Å². The first-order valence-electron chi connectivity index (χ1n) is 13.5. The van der Waals surface area contributed by atoms with E-state index in [1.807, 2.05) is 0 Å². The summed E-state index contributed by atoms with van der Waals surface area (Å²) in [5.74, 6) is 0. The van der Waals surface area contributed by atoms with Crippen molar-refractivity contribution in [2.45, 2.75) is 18.9 Å². The quantitative estimate of drug-likeness (QED) is 0.0983. The van der Waals surface area contributed by atoms with Gasteiger partial charge in [0.1, 0.15) is 5.69 Å². The van der Waals surface area contributed by atoms with Crippen molar-refractivity contribution in [2.75, 3.05) is 111 Å². The lowest BCUT2D eigenvalue weighted by Gasteiger charge is -2.22. The first-order chi connectivity index (χ1) is 19.6. The van der Waals surface area contributed by atoms with Crippen LogP contribution in [0.15, 0.2) is 18.2 Å². The van der Waals surface area contributed by atoms with Gasteiger partial charge in [-0.25, -0.2) is 0 Å². The Bertz CT molecular complexity index is 828. The second kappa shape index (κ2) is 22.2. The molecule has 1 fully saturated rings. The molecular formula is C25H42N4O11. The summed E-state index contributed by atoms with van der Waals surface area (Å²) in [7, 11) is 0. The number of ether oxygens (including phenoxy) is 7. The Balaban J connectivity index is 1.27. The SMILES string of the molecule is O=[N+]([O-])c1ccc(NCCOCCOCCOCCOCCOCCOCCOC2CCNCC2)c([N+](=O)[O-])c1. The third-order valence-electron chi connectivity index (χ3n) is 5.68. The van der Waals surface area contributed by atoms with Crippen LogP contribution in [0.4, 0.5) is 17.1 Å². The van der Waals surface area contributed by atoms with Gasteiger partial charge in [-0.05, 0) is 32.0 Å². The van der Waals surface area contributed by atoms with E-state index in [9.17, 15) is 20.2 Å². The van der Waals surface area contributed by atoms with Crippen LogP contribution in [0.1, 0.15) is 12.8 Å². The lowest BCUT2D eigenvalue weighted by atomic mass is 10.1. The molecule has 1 aromatic rings. The lowest BCUT2D eigenvalue weighted by molar-refractivity contribution is -0.393. The van der Waals surface area contributed by atoms with E-state index < -0.39 is 9.85 Å². The van der Waals surface area contributed by atoms with E-state index in [2.05, 4.69) is 10.6 Å².